The van der Waals surface area contributed by atoms with Crippen molar-refractivity contribution < 1.29 is 0 Å². The second-order valence-corrected chi connectivity index (χ2v) is 3.73. The highest BCUT2D eigenvalue weighted by Crippen LogP contribution is 2.08. The van der Waals surface area contributed by atoms with Crippen molar-refractivity contribution in [3.63, 3.8) is 0 Å². The quantitative estimate of drug-likeness (QED) is 0.852. The van der Waals surface area contributed by atoms with Crippen LogP contribution in [0.3, 0.4) is 0 Å². The predicted molar refractivity (Wildman–Crippen MR) is 64.2 cm³/mol. The number of pyridine rings is 1. The van der Waals surface area contributed by atoms with Gasteiger partial charge in [0.25, 0.3) is 0 Å². The molecule has 16 heavy (non-hydrogen) atoms. The van der Waals surface area contributed by atoms with E-state index in [9.17, 15) is 0 Å². The highest BCUT2D eigenvalue weighted by atomic mass is 15.1. The van der Waals surface area contributed by atoms with Gasteiger partial charge in [-0.05, 0) is 25.5 Å². The van der Waals surface area contributed by atoms with Gasteiger partial charge in [-0.2, -0.15) is 0 Å². The molecule has 0 aromatic carbocycles. The summed E-state index contributed by atoms with van der Waals surface area (Å²) in [6.45, 7) is 5.82. The largest absolute Gasteiger partial charge is 0.377 e. The molecule has 0 aliphatic rings. The van der Waals surface area contributed by atoms with E-state index in [0.717, 1.165) is 30.2 Å². The third-order valence-electron chi connectivity index (χ3n) is 2.47. The molecule has 0 amide bonds. The molecule has 1 N–H and O–H groups in total. The van der Waals surface area contributed by atoms with Gasteiger partial charge >= 0.3 is 0 Å². The predicted octanol–water partition coefficient (Wildman–Crippen LogP) is 2.22. The van der Waals surface area contributed by atoms with E-state index in [1.807, 2.05) is 31.7 Å². The zero-order valence-electron chi connectivity index (χ0n) is 9.64. The van der Waals surface area contributed by atoms with Crippen molar-refractivity contribution >= 4 is 5.69 Å². The molecular formula is C12H16N4. The molecule has 4 nitrogen and oxygen atoms in total. The molecule has 0 bridgehead atoms. The van der Waals surface area contributed by atoms with Crippen LogP contribution in [0.15, 0.2) is 30.9 Å². The Morgan fingerprint density at radius 1 is 1.38 bits per heavy atom. The Kier molecular flexibility index (Phi) is 3.19. The minimum Gasteiger partial charge on any atom is -0.377 e. The molecule has 2 heterocycles. The molecular weight excluding hydrogens is 200 g/mol. The Bertz CT molecular complexity index is 462. The number of imidazole rings is 1. The molecule has 0 unspecified atom stereocenters. The highest BCUT2D eigenvalue weighted by Gasteiger charge is 2.00. The van der Waals surface area contributed by atoms with Crippen LogP contribution in [0.4, 0.5) is 5.69 Å². The molecule has 2 aromatic heterocycles. The molecule has 0 aliphatic carbocycles. The topological polar surface area (TPSA) is 42.7 Å². The van der Waals surface area contributed by atoms with Gasteiger partial charge in [0.15, 0.2) is 0 Å². The molecule has 84 valence electrons. The molecule has 0 saturated heterocycles. The lowest BCUT2D eigenvalue weighted by molar-refractivity contribution is 0.708. The number of aromatic nitrogens is 3. The minimum absolute atomic E-state index is 0.728. The Morgan fingerprint density at radius 2 is 2.25 bits per heavy atom. The summed E-state index contributed by atoms with van der Waals surface area (Å²) in [6.07, 6.45) is 7.49. The van der Waals surface area contributed by atoms with E-state index in [2.05, 4.69) is 32.8 Å². The summed E-state index contributed by atoms with van der Waals surface area (Å²) in [4.78, 5) is 8.44. The van der Waals surface area contributed by atoms with Crippen LogP contribution < -0.4 is 5.32 Å². The van der Waals surface area contributed by atoms with Crippen LogP contribution in [0.2, 0.25) is 0 Å². The van der Waals surface area contributed by atoms with Crippen LogP contribution in [-0.2, 0) is 13.1 Å². The zero-order chi connectivity index (χ0) is 11.4. The molecule has 0 aliphatic heterocycles. The lowest BCUT2D eigenvalue weighted by atomic mass is 10.3. The van der Waals surface area contributed by atoms with Crippen LogP contribution in [0.1, 0.15) is 18.3 Å². The summed E-state index contributed by atoms with van der Waals surface area (Å²) >= 11 is 0. The third kappa shape index (κ3) is 2.39. The summed E-state index contributed by atoms with van der Waals surface area (Å²) < 4.78 is 2.12. The van der Waals surface area contributed by atoms with E-state index < -0.39 is 0 Å². The number of aryl methyl sites for hydroxylation is 2. The summed E-state index contributed by atoms with van der Waals surface area (Å²) in [5.74, 6) is 1.05. The Hall–Kier alpha value is -1.84. The SMILES string of the molecule is CCn1ccnc1CNc1cncc(C)c1. The smallest absolute Gasteiger partial charge is 0.128 e. The van der Waals surface area contributed by atoms with Gasteiger partial charge in [0, 0.05) is 31.3 Å². The van der Waals surface area contributed by atoms with E-state index in [0.29, 0.717) is 0 Å². The molecule has 0 atom stereocenters. The molecule has 2 rings (SSSR count). The number of nitrogens with one attached hydrogen (secondary N) is 1. The summed E-state index contributed by atoms with van der Waals surface area (Å²) in [5.41, 5.74) is 2.19. The first-order valence-corrected chi connectivity index (χ1v) is 5.45. The molecule has 4 heteroatoms. The summed E-state index contributed by atoms with van der Waals surface area (Å²) in [5, 5.41) is 3.32. The summed E-state index contributed by atoms with van der Waals surface area (Å²) in [7, 11) is 0. The molecule has 0 saturated carbocycles. The van der Waals surface area contributed by atoms with Crippen molar-refractivity contribution in [1.29, 1.82) is 0 Å². The van der Waals surface area contributed by atoms with Gasteiger partial charge in [-0.25, -0.2) is 4.98 Å². The van der Waals surface area contributed by atoms with Crippen LogP contribution in [0.5, 0.6) is 0 Å². The fourth-order valence-corrected chi connectivity index (χ4v) is 1.63. The van der Waals surface area contributed by atoms with Gasteiger partial charge in [-0.1, -0.05) is 0 Å². The molecule has 2 aromatic rings. The first-order chi connectivity index (χ1) is 7.79. The first kappa shape index (κ1) is 10.7. The maximum Gasteiger partial charge on any atom is 0.128 e. The van der Waals surface area contributed by atoms with E-state index in [1.165, 1.54) is 0 Å². The van der Waals surface area contributed by atoms with Crippen LogP contribution in [0.25, 0.3) is 0 Å². The van der Waals surface area contributed by atoms with Crippen molar-refractivity contribution in [3.8, 4) is 0 Å². The van der Waals surface area contributed by atoms with E-state index >= 15 is 0 Å². The molecule has 0 fully saturated rings. The van der Waals surface area contributed by atoms with Crippen LogP contribution in [-0.4, -0.2) is 14.5 Å². The maximum absolute atomic E-state index is 4.30. The van der Waals surface area contributed by atoms with Gasteiger partial charge in [0.05, 0.1) is 12.2 Å². The number of nitrogens with zero attached hydrogens (tertiary/aromatic N) is 3. The normalized spacial score (nSPS) is 10.4. The van der Waals surface area contributed by atoms with E-state index in [-0.39, 0.29) is 0 Å². The third-order valence-corrected chi connectivity index (χ3v) is 2.47. The maximum atomic E-state index is 4.30. The minimum atomic E-state index is 0.728. The van der Waals surface area contributed by atoms with Gasteiger partial charge in [0.2, 0.25) is 0 Å². The van der Waals surface area contributed by atoms with Crippen LogP contribution in [0, 0.1) is 6.92 Å². The van der Waals surface area contributed by atoms with Crippen molar-refractivity contribution in [3.05, 3.63) is 42.2 Å². The Morgan fingerprint density at radius 3 is 3.00 bits per heavy atom. The molecule has 0 spiro atoms. The average Bonchev–Trinajstić information content (AvgIpc) is 2.74. The lowest BCUT2D eigenvalue weighted by Gasteiger charge is -2.07. The van der Waals surface area contributed by atoms with Crippen LogP contribution >= 0.6 is 0 Å². The highest BCUT2D eigenvalue weighted by molar-refractivity contribution is 5.42. The van der Waals surface area contributed by atoms with Crippen molar-refractivity contribution in [2.75, 3.05) is 5.32 Å². The number of hydrogen-bond acceptors (Lipinski definition) is 3. The van der Waals surface area contributed by atoms with Gasteiger partial charge in [-0.15, -0.1) is 0 Å². The van der Waals surface area contributed by atoms with Gasteiger partial charge in [-0.3, -0.25) is 4.98 Å². The average molecular weight is 216 g/mol. The van der Waals surface area contributed by atoms with E-state index in [1.54, 1.807) is 0 Å². The molecule has 0 radical (unpaired) electrons. The number of rotatable bonds is 4. The van der Waals surface area contributed by atoms with Crippen molar-refractivity contribution in [1.82, 2.24) is 14.5 Å². The lowest BCUT2D eigenvalue weighted by Crippen LogP contribution is -2.07. The van der Waals surface area contributed by atoms with E-state index in [4.69, 9.17) is 0 Å². The Balaban J connectivity index is 2.02. The summed E-state index contributed by atoms with van der Waals surface area (Å²) in [6, 6.07) is 2.08. The second kappa shape index (κ2) is 4.79. The fraction of sp³-hybridized carbons (Fsp3) is 0.333. The van der Waals surface area contributed by atoms with Crippen molar-refractivity contribution in [2.24, 2.45) is 0 Å². The van der Waals surface area contributed by atoms with Crippen molar-refractivity contribution in [2.45, 2.75) is 26.9 Å². The monoisotopic (exact) mass is 216 g/mol. The second-order valence-electron chi connectivity index (χ2n) is 3.73. The number of hydrogen-bond donors (Lipinski definition) is 1. The van der Waals surface area contributed by atoms with Gasteiger partial charge in [0.1, 0.15) is 5.82 Å². The zero-order valence-corrected chi connectivity index (χ0v) is 9.64. The first-order valence-electron chi connectivity index (χ1n) is 5.45. The Labute approximate surface area is 95.4 Å². The number of anilines is 1. The standard InChI is InChI=1S/C12H16N4/c1-3-16-5-4-14-12(16)9-15-11-6-10(2)7-13-8-11/h4-8,15H,3,9H2,1-2H3. The van der Waals surface area contributed by atoms with Gasteiger partial charge < -0.3 is 9.88 Å². The fourth-order valence-electron chi connectivity index (χ4n) is 1.63.